The molecule has 1 aromatic rings. The molecule has 1 rings (SSSR count). The van der Waals surface area contributed by atoms with Crippen LogP contribution in [0.2, 0.25) is 0 Å². The number of benzene rings is 1. The molecule has 0 saturated heterocycles. The SMILES string of the molecule is CC(C)CCCOC(CNCC(C)C)c1ccccc1. The first-order valence-electron chi connectivity index (χ1n) is 7.96. The van der Waals surface area contributed by atoms with E-state index in [1.54, 1.807) is 0 Å². The summed E-state index contributed by atoms with van der Waals surface area (Å²) in [4.78, 5) is 0. The summed E-state index contributed by atoms with van der Waals surface area (Å²) in [6, 6.07) is 10.5. The predicted octanol–water partition coefficient (Wildman–Crippen LogP) is 4.43. The van der Waals surface area contributed by atoms with Crippen molar-refractivity contribution >= 4 is 0 Å². The van der Waals surface area contributed by atoms with E-state index in [4.69, 9.17) is 4.74 Å². The van der Waals surface area contributed by atoms with Crippen LogP contribution >= 0.6 is 0 Å². The first-order chi connectivity index (χ1) is 9.59. The van der Waals surface area contributed by atoms with Crippen molar-refractivity contribution in [2.75, 3.05) is 19.7 Å². The van der Waals surface area contributed by atoms with Crippen LogP contribution in [0.3, 0.4) is 0 Å². The molecule has 1 aromatic carbocycles. The maximum absolute atomic E-state index is 6.10. The molecule has 1 atom stereocenters. The van der Waals surface area contributed by atoms with Crippen molar-refractivity contribution in [2.45, 2.75) is 46.6 Å². The summed E-state index contributed by atoms with van der Waals surface area (Å²) in [5.41, 5.74) is 1.27. The lowest BCUT2D eigenvalue weighted by atomic mass is 10.1. The smallest absolute Gasteiger partial charge is 0.0949 e. The quantitative estimate of drug-likeness (QED) is 0.639. The average molecular weight is 277 g/mol. The molecule has 0 spiro atoms. The fraction of sp³-hybridized carbons (Fsp3) is 0.667. The van der Waals surface area contributed by atoms with Gasteiger partial charge in [-0.1, -0.05) is 58.0 Å². The molecule has 0 aromatic heterocycles. The summed E-state index contributed by atoms with van der Waals surface area (Å²) in [5.74, 6) is 1.43. The van der Waals surface area contributed by atoms with Gasteiger partial charge in [-0.3, -0.25) is 0 Å². The third kappa shape index (κ3) is 7.66. The first-order valence-corrected chi connectivity index (χ1v) is 7.96. The normalized spacial score (nSPS) is 13.1. The number of nitrogens with one attached hydrogen (secondary N) is 1. The van der Waals surface area contributed by atoms with E-state index in [0.717, 1.165) is 32.0 Å². The van der Waals surface area contributed by atoms with Gasteiger partial charge in [-0.05, 0) is 36.8 Å². The highest BCUT2D eigenvalue weighted by Gasteiger charge is 2.11. The van der Waals surface area contributed by atoms with Crippen molar-refractivity contribution < 1.29 is 4.74 Å². The van der Waals surface area contributed by atoms with Crippen molar-refractivity contribution in [2.24, 2.45) is 11.8 Å². The molecule has 0 heterocycles. The van der Waals surface area contributed by atoms with Gasteiger partial charge >= 0.3 is 0 Å². The van der Waals surface area contributed by atoms with Crippen molar-refractivity contribution in [1.82, 2.24) is 5.32 Å². The summed E-state index contributed by atoms with van der Waals surface area (Å²) < 4.78 is 6.10. The van der Waals surface area contributed by atoms with Gasteiger partial charge in [0.05, 0.1) is 6.10 Å². The molecule has 114 valence electrons. The molecule has 0 saturated carbocycles. The minimum absolute atomic E-state index is 0.169. The Kier molecular flexibility index (Phi) is 8.56. The topological polar surface area (TPSA) is 21.3 Å². The van der Waals surface area contributed by atoms with Crippen LogP contribution in [0, 0.1) is 11.8 Å². The summed E-state index contributed by atoms with van der Waals surface area (Å²) in [6.07, 6.45) is 2.55. The van der Waals surface area contributed by atoms with Crippen LogP contribution in [0.5, 0.6) is 0 Å². The van der Waals surface area contributed by atoms with Crippen LogP contribution in [0.4, 0.5) is 0 Å². The highest BCUT2D eigenvalue weighted by Crippen LogP contribution is 2.17. The van der Waals surface area contributed by atoms with Crippen LogP contribution in [0.1, 0.15) is 52.2 Å². The Labute approximate surface area is 124 Å². The molecule has 2 nitrogen and oxygen atoms in total. The molecular formula is C18H31NO. The van der Waals surface area contributed by atoms with Crippen molar-refractivity contribution in [3.63, 3.8) is 0 Å². The second-order valence-corrected chi connectivity index (χ2v) is 6.36. The monoisotopic (exact) mass is 277 g/mol. The van der Waals surface area contributed by atoms with Crippen LogP contribution in [-0.2, 0) is 4.74 Å². The fourth-order valence-electron chi connectivity index (χ4n) is 2.16. The van der Waals surface area contributed by atoms with Crippen LogP contribution < -0.4 is 5.32 Å². The summed E-state index contributed by atoms with van der Waals surface area (Å²) in [7, 11) is 0. The van der Waals surface area contributed by atoms with E-state index in [0.29, 0.717) is 5.92 Å². The van der Waals surface area contributed by atoms with Gasteiger partial charge in [0.15, 0.2) is 0 Å². The van der Waals surface area contributed by atoms with E-state index in [1.807, 2.05) is 0 Å². The van der Waals surface area contributed by atoms with Gasteiger partial charge in [0, 0.05) is 13.2 Å². The molecule has 0 aliphatic rings. The average Bonchev–Trinajstić information content (AvgIpc) is 2.42. The molecule has 1 N–H and O–H groups in total. The molecule has 0 aliphatic carbocycles. The summed E-state index contributed by atoms with van der Waals surface area (Å²) in [5, 5.41) is 3.51. The van der Waals surface area contributed by atoms with Gasteiger partial charge in [0.2, 0.25) is 0 Å². The van der Waals surface area contributed by atoms with Gasteiger partial charge in [0.1, 0.15) is 0 Å². The van der Waals surface area contributed by atoms with Gasteiger partial charge in [-0.2, -0.15) is 0 Å². The second-order valence-electron chi connectivity index (χ2n) is 6.36. The van der Waals surface area contributed by atoms with Gasteiger partial charge < -0.3 is 10.1 Å². The van der Waals surface area contributed by atoms with Crippen molar-refractivity contribution in [3.8, 4) is 0 Å². The third-order valence-corrected chi connectivity index (χ3v) is 3.30. The largest absolute Gasteiger partial charge is 0.372 e. The summed E-state index contributed by atoms with van der Waals surface area (Å²) >= 11 is 0. The van der Waals surface area contributed by atoms with Gasteiger partial charge in [-0.25, -0.2) is 0 Å². The number of ether oxygens (including phenoxy) is 1. The molecule has 0 fully saturated rings. The molecule has 0 amide bonds. The first kappa shape index (κ1) is 17.2. The minimum Gasteiger partial charge on any atom is -0.372 e. The Bertz CT molecular complexity index is 335. The van der Waals surface area contributed by atoms with E-state index in [1.165, 1.54) is 12.0 Å². The standard InChI is InChI=1S/C18H31NO/c1-15(2)9-8-12-20-18(14-19-13-16(3)4)17-10-6-5-7-11-17/h5-7,10-11,15-16,18-19H,8-9,12-14H2,1-4H3. The highest BCUT2D eigenvalue weighted by atomic mass is 16.5. The maximum Gasteiger partial charge on any atom is 0.0949 e. The minimum atomic E-state index is 0.169. The zero-order valence-electron chi connectivity index (χ0n) is 13.6. The molecule has 2 heteroatoms. The number of hydrogen-bond donors (Lipinski definition) is 1. The zero-order valence-corrected chi connectivity index (χ0v) is 13.6. The molecular weight excluding hydrogens is 246 g/mol. The van der Waals surface area contributed by atoms with Crippen molar-refractivity contribution in [1.29, 1.82) is 0 Å². The number of rotatable bonds is 10. The lowest BCUT2D eigenvalue weighted by Crippen LogP contribution is -2.27. The fourth-order valence-corrected chi connectivity index (χ4v) is 2.16. The Balaban J connectivity index is 2.43. The molecule has 20 heavy (non-hydrogen) atoms. The molecule has 0 radical (unpaired) electrons. The molecule has 0 bridgehead atoms. The van der Waals surface area contributed by atoms with Crippen molar-refractivity contribution in [3.05, 3.63) is 35.9 Å². The van der Waals surface area contributed by atoms with E-state index in [2.05, 4.69) is 63.3 Å². The van der Waals surface area contributed by atoms with E-state index >= 15 is 0 Å². The maximum atomic E-state index is 6.10. The summed E-state index contributed by atoms with van der Waals surface area (Å²) in [6.45, 7) is 11.8. The molecule has 1 unspecified atom stereocenters. The Morgan fingerprint density at radius 2 is 1.65 bits per heavy atom. The van der Waals surface area contributed by atoms with Gasteiger partial charge in [0.25, 0.3) is 0 Å². The second kappa shape index (κ2) is 9.95. The predicted molar refractivity (Wildman–Crippen MR) is 86.9 cm³/mol. The lowest BCUT2D eigenvalue weighted by Gasteiger charge is -2.20. The van der Waals surface area contributed by atoms with Crippen LogP contribution in [0.15, 0.2) is 30.3 Å². The van der Waals surface area contributed by atoms with E-state index < -0.39 is 0 Å². The Morgan fingerprint density at radius 3 is 2.25 bits per heavy atom. The Morgan fingerprint density at radius 1 is 0.950 bits per heavy atom. The van der Waals surface area contributed by atoms with Crippen LogP contribution in [-0.4, -0.2) is 19.7 Å². The molecule has 0 aliphatic heterocycles. The third-order valence-electron chi connectivity index (χ3n) is 3.30. The van der Waals surface area contributed by atoms with E-state index in [9.17, 15) is 0 Å². The highest BCUT2D eigenvalue weighted by molar-refractivity contribution is 5.17. The Hall–Kier alpha value is -0.860. The number of hydrogen-bond acceptors (Lipinski definition) is 2. The van der Waals surface area contributed by atoms with Crippen LogP contribution in [0.25, 0.3) is 0 Å². The lowest BCUT2D eigenvalue weighted by molar-refractivity contribution is 0.0483. The zero-order chi connectivity index (χ0) is 14.8. The van der Waals surface area contributed by atoms with Gasteiger partial charge in [-0.15, -0.1) is 0 Å². The van der Waals surface area contributed by atoms with E-state index in [-0.39, 0.29) is 6.10 Å².